The van der Waals surface area contributed by atoms with Gasteiger partial charge in [-0.05, 0) is 31.2 Å². The van der Waals surface area contributed by atoms with Crippen molar-refractivity contribution in [3.8, 4) is 5.75 Å². The molecule has 146 valence electrons. The van der Waals surface area contributed by atoms with Crippen LogP contribution in [0.25, 0.3) is 0 Å². The Morgan fingerprint density at radius 1 is 1.11 bits per heavy atom. The number of amides is 3. The number of anilines is 1. The number of hydrogen-bond acceptors (Lipinski definition) is 4. The molecule has 4 rings (SSSR count). The monoisotopic (exact) mass is 380 g/mol. The predicted octanol–water partition coefficient (Wildman–Crippen LogP) is 2.31. The summed E-state index contributed by atoms with van der Waals surface area (Å²) in [6.07, 6.45) is 4.14. The molecule has 2 saturated heterocycles. The average molecular weight is 380 g/mol. The van der Waals surface area contributed by atoms with E-state index in [1.165, 1.54) is 0 Å². The lowest BCUT2D eigenvalue weighted by Crippen LogP contribution is -2.42. The molecule has 0 unspecified atom stereocenters. The Kier molecular flexibility index (Phi) is 5.14. The van der Waals surface area contributed by atoms with E-state index >= 15 is 0 Å². The second-order valence-electron chi connectivity index (χ2n) is 7.24. The highest BCUT2D eigenvalue weighted by Crippen LogP contribution is 2.22. The minimum absolute atomic E-state index is 0.0234. The number of aromatic nitrogens is 1. The highest BCUT2D eigenvalue weighted by atomic mass is 16.5. The number of pyridine rings is 1. The summed E-state index contributed by atoms with van der Waals surface area (Å²) in [7, 11) is 0. The fraction of sp³-hybridized carbons (Fsp3) is 0.381. The molecule has 3 amide bonds. The molecule has 0 aliphatic carbocycles. The minimum atomic E-state index is -0.110. The third kappa shape index (κ3) is 3.93. The number of carbonyl (C=O) groups excluding carboxylic acids is 2. The second kappa shape index (κ2) is 7.88. The molecular formula is C21H24N4O3. The lowest BCUT2D eigenvalue weighted by molar-refractivity contribution is -0.130. The van der Waals surface area contributed by atoms with E-state index in [4.69, 9.17) is 4.74 Å². The molecule has 1 aromatic heterocycles. The van der Waals surface area contributed by atoms with E-state index in [0.29, 0.717) is 26.2 Å². The molecule has 2 aliphatic rings. The Hall–Kier alpha value is -3.09. The Morgan fingerprint density at radius 2 is 1.86 bits per heavy atom. The maximum Gasteiger partial charge on any atom is 0.325 e. The summed E-state index contributed by atoms with van der Waals surface area (Å²) in [5, 5.41) is 0. The van der Waals surface area contributed by atoms with Gasteiger partial charge in [-0.2, -0.15) is 0 Å². The smallest absolute Gasteiger partial charge is 0.325 e. The first-order valence-corrected chi connectivity index (χ1v) is 9.58. The fourth-order valence-electron chi connectivity index (χ4n) is 3.62. The normalized spacial score (nSPS) is 19.4. The number of rotatable bonds is 5. The van der Waals surface area contributed by atoms with Crippen molar-refractivity contribution in [1.82, 2.24) is 14.8 Å². The molecule has 0 radical (unpaired) electrons. The van der Waals surface area contributed by atoms with Crippen LogP contribution in [0.5, 0.6) is 5.75 Å². The van der Waals surface area contributed by atoms with E-state index in [2.05, 4.69) is 4.98 Å². The molecule has 7 heteroatoms. The van der Waals surface area contributed by atoms with E-state index in [-0.39, 0.29) is 24.6 Å². The van der Waals surface area contributed by atoms with Crippen LogP contribution in [0, 0.1) is 6.92 Å². The topological polar surface area (TPSA) is 66.0 Å². The number of ether oxygens (including phenoxy) is 1. The van der Waals surface area contributed by atoms with Gasteiger partial charge in [0, 0.05) is 44.1 Å². The lowest BCUT2D eigenvalue weighted by atomic mass is 10.2. The van der Waals surface area contributed by atoms with E-state index < -0.39 is 0 Å². The first-order valence-electron chi connectivity index (χ1n) is 9.58. The van der Waals surface area contributed by atoms with Gasteiger partial charge >= 0.3 is 6.03 Å². The predicted molar refractivity (Wildman–Crippen MR) is 105 cm³/mol. The van der Waals surface area contributed by atoms with Gasteiger partial charge in [-0.25, -0.2) is 4.79 Å². The van der Waals surface area contributed by atoms with Crippen LogP contribution in [0.1, 0.15) is 12.0 Å². The number of aryl methyl sites for hydroxylation is 1. The number of benzene rings is 1. The number of nitrogens with zero attached hydrogens (tertiary/aromatic N) is 4. The summed E-state index contributed by atoms with van der Waals surface area (Å²) in [5.41, 5.74) is 2.03. The van der Waals surface area contributed by atoms with Gasteiger partial charge in [-0.3, -0.25) is 14.7 Å². The lowest BCUT2D eigenvalue weighted by Gasteiger charge is -2.22. The zero-order valence-corrected chi connectivity index (χ0v) is 16.0. The van der Waals surface area contributed by atoms with Crippen LogP contribution < -0.4 is 9.64 Å². The Morgan fingerprint density at radius 3 is 2.61 bits per heavy atom. The van der Waals surface area contributed by atoms with Crippen LogP contribution in [-0.4, -0.2) is 65.5 Å². The third-order valence-corrected chi connectivity index (χ3v) is 5.22. The van der Waals surface area contributed by atoms with Crippen LogP contribution in [0.15, 0.2) is 48.8 Å². The molecule has 28 heavy (non-hydrogen) atoms. The van der Waals surface area contributed by atoms with Crippen LogP contribution in [-0.2, 0) is 4.79 Å². The first-order chi connectivity index (χ1) is 13.6. The van der Waals surface area contributed by atoms with E-state index in [1.807, 2.05) is 43.3 Å². The van der Waals surface area contributed by atoms with Crippen LogP contribution >= 0.6 is 0 Å². The Labute approximate surface area is 164 Å². The highest BCUT2D eigenvalue weighted by molar-refractivity contribution is 5.96. The molecule has 2 aromatic rings. The highest BCUT2D eigenvalue weighted by Gasteiger charge is 2.34. The number of likely N-dealkylation sites (tertiary alicyclic amines) is 1. The Balaban J connectivity index is 1.30. The fourth-order valence-corrected chi connectivity index (χ4v) is 3.62. The first kappa shape index (κ1) is 18.3. The van der Waals surface area contributed by atoms with E-state index in [9.17, 15) is 9.59 Å². The molecular weight excluding hydrogens is 356 g/mol. The van der Waals surface area contributed by atoms with Gasteiger partial charge in [0.15, 0.2) is 0 Å². The average Bonchev–Trinajstić information content (AvgIpc) is 3.31. The van der Waals surface area contributed by atoms with E-state index in [1.54, 1.807) is 27.1 Å². The molecule has 0 N–H and O–H groups in total. The molecule has 0 saturated carbocycles. The molecule has 3 heterocycles. The maximum atomic E-state index is 12.7. The molecule has 1 atom stereocenters. The van der Waals surface area contributed by atoms with Gasteiger partial charge in [-0.15, -0.1) is 0 Å². The largest absolute Gasteiger partial charge is 0.488 e. The van der Waals surface area contributed by atoms with Gasteiger partial charge in [0.05, 0.1) is 6.54 Å². The molecule has 0 bridgehead atoms. The molecule has 1 aromatic carbocycles. The van der Waals surface area contributed by atoms with Gasteiger partial charge in [-0.1, -0.05) is 17.7 Å². The van der Waals surface area contributed by atoms with Gasteiger partial charge in [0.1, 0.15) is 18.4 Å². The molecule has 0 spiro atoms. The van der Waals surface area contributed by atoms with E-state index in [0.717, 1.165) is 23.4 Å². The van der Waals surface area contributed by atoms with Crippen molar-refractivity contribution in [2.45, 2.75) is 19.4 Å². The number of carbonyl (C=O) groups is 2. The zero-order chi connectivity index (χ0) is 19.5. The molecule has 2 fully saturated rings. The summed E-state index contributed by atoms with van der Waals surface area (Å²) in [6, 6.07) is 11.4. The van der Waals surface area contributed by atoms with Gasteiger partial charge < -0.3 is 14.5 Å². The number of hydrogen-bond donors (Lipinski definition) is 0. The minimum Gasteiger partial charge on any atom is -0.488 e. The summed E-state index contributed by atoms with van der Waals surface area (Å²) in [6.45, 7) is 4.49. The van der Waals surface area contributed by atoms with Gasteiger partial charge in [0.25, 0.3) is 0 Å². The van der Waals surface area contributed by atoms with Crippen molar-refractivity contribution in [2.75, 3.05) is 37.6 Å². The maximum absolute atomic E-state index is 12.7. The second-order valence-corrected chi connectivity index (χ2v) is 7.24. The van der Waals surface area contributed by atoms with Crippen molar-refractivity contribution in [1.29, 1.82) is 0 Å². The van der Waals surface area contributed by atoms with Crippen molar-refractivity contribution >= 4 is 17.6 Å². The number of urea groups is 1. The Bertz CT molecular complexity index is 840. The van der Waals surface area contributed by atoms with Crippen molar-refractivity contribution < 1.29 is 14.3 Å². The summed E-state index contributed by atoms with van der Waals surface area (Å²) in [5.74, 6) is 0.734. The standard InChI is InChI=1S/C21H24N4O3/c1-16-2-4-17(5-3-16)25-13-12-24(21(25)27)15-20(26)23-11-8-19(14-23)28-18-6-9-22-10-7-18/h2-7,9-10,19H,8,11-15H2,1H3/t19-/m1/s1. The summed E-state index contributed by atoms with van der Waals surface area (Å²) < 4.78 is 5.91. The van der Waals surface area contributed by atoms with Gasteiger partial charge in [0.2, 0.25) is 5.91 Å². The third-order valence-electron chi connectivity index (χ3n) is 5.22. The van der Waals surface area contributed by atoms with Crippen LogP contribution in [0.3, 0.4) is 0 Å². The van der Waals surface area contributed by atoms with Crippen molar-refractivity contribution in [2.24, 2.45) is 0 Å². The molecule has 2 aliphatic heterocycles. The SMILES string of the molecule is Cc1ccc(N2CCN(CC(=O)N3CC[C@@H](Oc4ccncc4)C3)C2=O)cc1. The molecule has 7 nitrogen and oxygen atoms in total. The van der Waals surface area contributed by atoms with Crippen LogP contribution in [0.2, 0.25) is 0 Å². The zero-order valence-electron chi connectivity index (χ0n) is 16.0. The quantitative estimate of drug-likeness (QED) is 0.798. The van der Waals surface area contributed by atoms with Crippen molar-refractivity contribution in [3.05, 3.63) is 54.4 Å². The van der Waals surface area contributed by atoms with Crippen LogP contribution in [0.4, 0.5) is 10.5 Å². The summed E-state index contributed by atoms with van der Waals surface area (Å²) >= 11 is 0. The summed E-state index contributed by atoms with van der Waals surface area (Å²) in [4.78, 5) is 34.5. The van der Waals surface area contributed by atoms with Crippen molar-refractivity contribution in [3.63, 3.8) is 0 Å².